The second kappa shape index (κ2) is 12.0. The Morgan fingerprint density at radius 1 is 0.750 bits per heavy atom. The number of hydrogen-bond acceptors (Lipinski definition) is 4. The number of halogens is 2. The second-order valence-corrected chi connectivity index (χ2v) is 7.74. The number of carbonyl (C=O) groups excluding carboxylic acids is 2. The molecule has 0 heterocycles. The van der Waals surface area contributed by atoms with Crippen LogP contribution in [0.25, 0.3) is 0 Å². The lowest BCUT2D eigenvalue weighted by molar-refractivity contribution is -0.130. The summed E-state index contributed by atoms with van der Waals surface area (Å²) in [5, 5.41) is 5.68. The molecule has 3 rings (SSSR count). The van der Waals surface area contributed by atoms with Crippen LogP contribution in [0.1, 0.15) is 25.7 Å². The summed E-state index contributed by atoms with van der Waals surface area (Å²) in [7, 11) is 0. The van der Waals surface area contributed by atoms with Gasteiger partial charge in [-0.1, -0.05) is 12.1 Å². The van der Waals surface area contributed by atoms with Crippen molar-refractivity contribution in [3.05, 3.63) is 60.2 Å². The summed E-state index contributed by atoms with van der Waals surface area (Å²) >= 11 is 0. The van der Waals surface area contributed by atoms with Crippen LogP contribution in [0.15, 0.2) is 48.5 Å². The summed E-state index contributed by atoms with van der Waals surface area (Å²) in [5.74, 6) is -0.225. The molecule has 0 bridgehead atoms. The predicted octanol–water partition coefficient (Wildman–Crippen LogP) is 3.46. The lowest BCUT2D eigenvalue weighted by Crippen LogP contribution is -2.39. The molecule has 0 atom stereocenters. The van der Waals surface area contributed by atoms with Crippen LogP contribution in [-0.4, -0.2) is 38.1 Å². The molecule has 6 nitrogen and oxygen atoms in total. The van der Waals surface area contributed by atoms with Gasteiger partial charge < -0.3 is 20.1 Å². The third-order valence-electron chi connectivity index (χ3n) is 5.40. The summed E-state index contributed by atoms with van der Waals surface area (Å²) in [6.07, 6.45) is 2.59. The number of ether oxygens (including phenoxy) is 2. The Kier molecular flexibility index (Phi) is 8.83. The van der Waals surface area contributed by atoms with Gasteiger partial charge in [-0.3, -0.25) is 9.59 Å². The first-order chi connectivity index (χ1) is 15.5. The van der Waals surface area contributed by atoms with Gasteiger partial charge in [-0.2, -0.15) is 0 Å². The second-order valence-electron chi connectivity index (χ2n) is 7.74. The Bertz CT molecular complexity index is 828. The van der Waals surface area contributed by atoms with E-state index in [1.165, 1.54) is 24.3 Å². The normalized spacial score (nSPS) is 17.9. The van der Waals surface area contributed by atoms with Crippen LogP contribution >= 0.6 is 0 Å². The molecule has 2 aromatic carbocycles. The van der Waals surface area contributed by atoms with Gasteiger partial charge in [0.1, 0.15) is 36.3 Å². The molecule has 32 heavy (non-hydrogen) atoms. The van der Waals surface area contributed by atoms with Crippen LogP contribution < -0.4 is 20.1 Å². The molecule has 1 fully saturated rings. The maximum Gasteiger partial charge on any atom is 0.223 e. The van der Waals surface area contributed by atoms with Gasteiger partial charge in [0.2, 0.25) is 11.8 Å². The largest absolute Gasteiger partial charge is 0.492 e. The van der Waals surface area contributed by atoms with E-state index >= 15 is 0 Å². The van der Waals surface area contributed by atoms with Crippen molar-refractivity contribution in [2.75, 3.05) is 26.3 Å². The maximum atomic E-state index is 13.1. The molecular formula is C24H28F2N2O4. The Morgan fingerprint density at radius 3 is 1.53 bits per heavy atom. The molecule has 0 aliphatic heterocycles. The number of nitrogens with one attached hydrogen (secondary N) is 2. The minimum Gasteiger partial charge on any atom is -0.492 e. The van der Waals surface area contributed by atoms with E-state index in [1.54, 1.807) is 24.3 Å². The molecule has 1 aliphatic carbocycles. The number of benzene rings is 2. The minimum atomic E-state index is -0.369. The standard InChI is InChI=1S/C24H28F2N2O4/c25-19-3-1-5-21(15-19)31-13-11-27-23(29)17-7-9-18(10-8-17)24(30)28-12-14-32-22-6-2-4-20(26)16-22/h1-6,15-18H,7-14H2,(H,27,29)(H,28,30). The quantitative estimate of drug-likeness (QED) is 0.548. The van der Waals surface area contributed by atoms with Crippen molar-refractivity contribution in [1.29, 1.82) is 0 Å². The summed E-state index contributed by atoms with van der Waals surface area (Å²) in [5.41, 5.74) is 0. The van der Waals surface area contributed by atoms with E-state index in [1.807, 2.05) is 0 Å². The Labute approximate surface area is 186 Å². The molecule has 0 unspecified atom stereocenters. The average Bonchev–Trinajstić information content (AvgIpc) is 2.79. The smallest absolute Gasteiger partial charge is 0.223 e. The molecule has 8 heteroatoms. The van der Waals surface area contributed by atoms with Gasteiger partial charge in [0.25, 0.3) is 0 Å². The van der Waals surface area contributed by atoms with E-state index in [0.717, 1.165) is 0 Å². The van der Waals surface area contributed by atoms with Gasteiger partial charge in [0, 0.05) is 24.0 Å². The van der Waals surface area contributed by atoms with Crippen LogP contribution in [0.4, 0.5) is 8.78 Å². The first-order valence-electron chi connectivity index (χ1n) is 10.8. The van der Waals surface area contributed by atoms with Crippen molar-refractivity contribution in [1.82, 2.24) is 10.6 Å². The van der Waals surface area contributed by atoms with E-state index in [2.05, 4.69) is 10.6 Å². The number of rotatable bonds is 10. The third kappa shape index (κ3) is 7.51. The summed E-state index contributed by atoms with van der Waals surface area (Å²) in [6, 6.07) is 11.7. The lowest BCUT2D eigenvalue weighted by atomic mass is 9.81. The topological polar surface area (TPSA) is 76.7 Å². The highest BCUT2D eigenvalue weighted by Crippen LogP contribution is 2.29. The van der Waals surface area contributed by atoms with E-state index in [9.17, 15) is 18.4 Å². The van der Waals surface area contributed by atoms with Crippen molar-refractivity contribution in [2.45, 2.75) is 25.7 Å². The molecule has 2 amide bonds. The summed E-state index contributed by atoms with van der Waals surface area (Å²) in [6.45, 7) is 1.18. The Morgan fingerprint density at radius 2 is 1.16 bits per heavy atom. The SMILES string of the molecule is O=C(NCCOc1cccc(F)c1)C1CCC(C(=O)NCCOc2cccc(F)c2)CC1. The number of amides is 2. The Balaban J connectivity index is 1.27. The fourth-order valence-corrected chi connectivity index (χ4v) is 3.71. The van der Waals surface area contributed by atoms with E-state index in [-0.39, 0.29) is 48.5 Å². The van der Waals surface area contributed by atoms with Gasteiger partial charge in [0.05, 0.1) is 13.1 Å². The monoisotopic (exact) mass is 446 g/mol. The van der Waals surface area contributed by atoms with Crippen molar-refractivity contribution in [3.63, 3.8) is 0 Å². The first-order valence-corrected chi connectivity index (χ1v) is 10.8. The van der Waals surface area contributed by atoms with E-state index in [0.29, 0.717) is 50.3 Å². The molecule has 0 spiro atoms. The highest BCUT2D eigenvalue weighted by atomic mass is 19.1. The molecule has 0 saturated heterocycles. The molecule has 2 aromatic rings. The van der Waals surface area contributed by atoms with Gasteiger partial charge in [0.15, 0.2) is 0 Å². The van der Waals surface area contributed by atoms with Crippen LogP contribution in [0.3, 0.4) is 0 Å². The summed E-state index contributed by atoms with van der Waals surface area (Å²) < 4.78 is 37.1. The minimum absolute atomic E-state index is 0.0461. The zero-order chi connectivity index (χ0) is 22.8. The molecule has 1 aliphatic rings. The number of carbonyl (C=O) groups is 2. The van der Waals surface area contributed by atoms with Gasteiger partial charge in [-0.15, -0.1) is 0 Å². The molecule has 1 saturated carbocycles. The fourth-order valence-electron chi connectivity index (χ4n) is 3.71. The zero-order valence-electron chi connectivity index (χ0n) is 17.8. The molecular weight excluding hydrogens is 418 g/mol. The van der Waals surface area contributed by atoms with Crippen molar-refractivity contribution in [3.8, 4) is 11.5 Å². The lowest BCUT2D eigenvalue weighted by Gasteiger charge is -2.27. The molecule has 172 valence electrons. The van der Waals surface area contributed by atoms with Crippen LogP contribution in [0.2, 0.25) is 0 Å². The Hall–Kier alpha value is -3.16. The summed E-state index contributed by atoms with van der Waals surface area (Å²) in [4.78, 5) is 24.7. The highest BCUT2D eigenvalue weighted by Gasteiger charge is 2.29. The zero-order valence-corrected chi connectivity index (χ0v) is 17.8. The molecule has 2 N–H and O–H groups in total. The van der Waals surface area contributed by atoms with Crippen molar-refractivity contribution >= 4 is 11.8 Å². The fraction of sp³-hybridized carbons (Fsp3) is 0.417. The first kappa shape index (κ1) is 23.5. The van der Waals surface area contributed by atoms with Crippen molar-refractivity contribution < 1.29 is 27.8 Å². The molecule has 0 aromatic heterocycles. The van der Waals surface area contributed by atoms with Crippen LogP contribution in [0, 0.1) is 23.5 Å². The molecule has 0 radical (unpaired) electrons. The van der Waals surface area contributed by atoms with Gasteiger partial charge >= 0.3 is 0 Å². The van der Waals surface area contributed by atoms with Crippen molar-refractivity contribution in [2.24, 2.45) is 11.8 Å². The predicted molar refractivity (Wildman–Crippen MR) is 115 cm³/mol. The van der Waals surface area contributed by atoms with Gasteiger partial charge in [-0.25, -0.2) is 8.78 Å². The van der Waals surface area contributed by atoms with Crippen LogP contribution in [-0.2, 0) is 9.59 Å². The van der Waals surface area contributed by atoms with E-state index in [4.69, 9.17) is 9.47 Å². The van der Waals surface area contributed by atoms with Crippen LogP contribution in [0.5, 0.6) is 11.5 Å². The van der Waals surface area contributed by atoms with E-state index < -0.39 is 0 Å². The number of hydrogen-bond donors (Lipinski definition) is 2. The van der Waals surface area contributed by atoms with Gasteiger partial charge in [-0.05, 0) is 49.9 Å². The average molecular weight is 446 g/mol. The third-order valence-corrected chi connectivity index (χ3v) is 5.40. The maximum absolute atomic E-state index is 13.1. The highest BCUT2D eigenvalue weighted by molar-refractivity contribution is 5.81.